The number of methoxy groups -OCH3 is 1. The molecule has 4 nitrogen and oxygen atoms in total. The fourth-order valence-corrected chi connectivity index (χ4v) is 1.01. The first-order valence-corrected chi connectivity index (χ1v) is 3.84. The smallest absolute Gasteiger partial charge is 0.200 e. The summed E-state index contributed by atoms with van der Waals surface area (Å²) in [6.45, 7) is 1.56. The zero-order valence-corrected chi connectivity index (χ0v) is 7.48. The van der Waals surface area contributed by atoms with Crippen LogP contribution >= 0.6 is 0 Å². The highest BCUT2D eigenvalue weighted by Crippen LogP contribution is 2.37. The molecule has 0 amide bonds. The Labute approximate surface area is 76.0 Å². The van der Waals surface area contributed by atoms with Crippen LogP contribution in [0.25, 0.3) is 0 Å². The lowest BCUT2D eigenvalue weighted by Crippen LogP contribution is -1.93. The fourth-order valence-electron chi connectivity index (χ4n) is 1.01. The maximum absolute atomic E-state index is 9.25. The van der Waals surface area contributed by atoms with Crippen LogP contribution in [0.4, 0.5) is 0 Å². The molecular formula is C9H12O4. The van der Waals surface area contributed by atoms with Crippen LogP contribution in [0.2, 0.25) is 0 Å². The van der Waals surface area contributed by atoms with Crippen molar-refractivity contribution in [1.82, 2.24) is 0 Å². The summed E-state index contributed by atoms with van der Waals surface area (Å²) in [6, 6.07) is 2.77. The van der Waals surface area contributed by atoms with Crippen LogP contribution in [0.5, 0.6) is 17.2 Å². The van der Waals surface area contributed by atoms with Crippen LogP contribution in [-0.4, -0.2) is 22.4 Å². The van der Waals surface area contributed by atoms with E-state index < -0.39 is 6.10 Å². The van der Waals surface area contributed by atoms with Gasteiger partial charge in [-0.1, -0.05) is 0 Å². The van der Waals surface area contributed by atoms with E-state index in [2.05, 4.69) is 0 Å². The van der Waals surface area contributed by atoms with Gasteiger partial charge in [-0.3, -0.25) is 0 Å². The molecule has 1 aromatic carbocycles. The summed E-state index contributed by atoms with van der Waals surface area (Å²) in [4.78, 5) is 0. The molecule has 4 heteroatoms. The zero-order chi connectivity index (χ0) is 10.0. The molecule has 0 aromatic heterocycles. The molecule has 1 atom stereocenters. The van der Waals surface area contributed by atoms with E-state index in [4.69, 9.17) is 4.74 Å². The normalized spacial score (nSPS) is 12.5. The summed E-state index contributed by atoms with van der Waals surface area (Å²) >= 11 is 0. The predicted octanol–water partition coefficient (Wildman–Crippen LogP) is 1.16. The Balaban J connectivity index is 3.22. The SMILES string of the molecule is COc1cc([C@H](C)O)cc(O)c1O. The molecule has 0 fully saturated rings. The molecule has 1 aromatic rings. The minimum Gasteiger partial charge on any atom is -0.504 e. The number of ether oxygens (including phenoxy) is 1. The molecule has 0 spiro atoms. The van der Waals surface area contributed by atoms with Crippen molar-refractivity contribution in [3.8, 4) is 17.2 Å². The predicted molar refractivity (Wildman–Crippen MR) is 47.0 cm³/mol. The second-order valence-corrected chi connectivity index (χ2v) is 2.77. The van der Waals surface area contributed by atoms with E-state index in [0.29, 0.717) is 5.56 Å². The first-order valence-electron chi connectivity index (χ1n) is 3.84. The molecule has 0 radical (unpaired) electrons. The Morgan fingerprint density at radius 1 is 1.31 bits per heavy atom. The maximum atomic E-state index is 9.25. The molecule has 0 aliphatic carbocycles. The van der Waals surface area contributed by atoms with Crippen LogP contribution in [-0.2, 0) is 0 Å². The van der Waals surface area contributed by atoms with Crippen molar-refractivity contribution in [1.29, 1.82) is 0 Å². The first kappa shape index (κ1) is 9.67. The summed E-state index contributed by atoms with van der Waals surface area (Å²) < 4.78 is 4.80. The van der Waals surface area contributed by atoms with Crippen LogP contribution < -0.4 is 4.74 Å². The number of hydrogen-bond donors (Lipinski definition) is 3. The Bertz CT molecular complexity index is 307. The van der Waals surface area contributed by atoms with E-state index in [1.165, 1.54) is 19.2 Å². The number of benzene rings is 1. The van der Waals surface area contributed by atoms with Gasteiger partial charge in [0.1, 0.15) is 0 Å². The minimum atomic E-state index is -0.708. The molecule has 0 heterocycles. The van der Waals surface area contributed by atoms with E-state index in [9.17, 15) is 15.3 Å². The minimum absolute atomic E-state index is 0.149. The van der Waals surface area contributed by atoms with Gasteiger partial charge in [-0.2, -0.15) is 0 Å². The van der Waals surface area contributed by atoms with Gasteiger partial charge in [-0.15, -0.1) is 0 Å². The topological polar surface area (TPSA) is 69.9 Å². The Kier molecular flexibility index (Phi) is 2.63. The molecule has 0 saturated carbocycles. The highest BCUT2D eigenvalue weighted by atomic mass is 16.5. The second kappa shape index (κ2) is 3.53. The average Bonchev–Trinajstić information content (AvgIpc) is 2.09. The highest BCUT2D eigenvalue weighted by Gasteiger charge is 2.11. The molecule has 0 saturated heterocycles. The van der Waals surface area contributed by atoms with Gasteiger partial charge in [0, 0.05) is 0 Å². The first-order chi connectivity index (χ1) is 6.06. The van der Waals surface area contributed by atoms with Crippen molar-refractivity contribution in [3.05, 3.63) is 17.7 Å². The molecular weight excluding hydrogens is 172 g/mol. The van der Waals surface area contributed by atoms with Gasteiger partial charge in [0.15, 0.2) is 11.5 Å². The third-order valence-electron chi connectivity index (χ3n) is 1.78. The monoisotopic (exact) mass is 184 g/mol. The Morgan fingerprint density at radius 3 is 2.38 bits per heavy atom. The lowest BCUT2D eigenvalue weighted by molar-refractivity contribution is 0.198. The van der Waals surface area contributed by atoms with E-state index in [1.54, 1.807) is 6.92 Å². The standard InChI is InChI=1S/C9H12O4/c1-5(10)6-3-7(11)9(12)8(4-6)13-2/h3-5,10-12H,1-2H3/t5-/m0/s1. The maximum Gasteiger partial charge on any atom is 0.200 e. The number of aliphatic hydroxyl groups is 1. The molecule has 0 unspecified atom stereocenters. The van der Waals surface area contributed by atoms with E-state index in [0.717, 1.165) is 0 Å². The summed E-state index contributed by atoms with van der Waals surface area (Å²) in [5, 5.41) is 27.7. The van der Waals surface area contributed by atoms with E-state index in [1.807, 2.05) is 0 Å². The van der Waals surface area contributed by atoms with Crippen molar-refractivity contribution in [2.24, 2.45) is 0 Å². The average molecular weight is 184 g/mol. The van der Waals surface area contributed by atoms with Crippen LogP contribution in [0.3, 0.4) is 0 Å². The lowest BCUT2D eigenvalue weighted by atomic mass is 10.1. The van der Waals surface area contributed by atoms with Crippen LogP contribution in [0.1, 0.15) is 18.6 Å². The summed E-state index contributed by atoms with van der Waals surface area (Å²) in [5.74, 6) is -0.460. The van der Waals surface area contributed by atoms with Crippen molar-refractivity contribution < 1.29 is 20.1 Å². The third-order valence-corrected chi connectivity index (χ3v) is 1.78. The molecule has 0 aliphatic heterocycles. The largest absolute Gasteiger partial charge is 0.504 e. The summed E-state index contributed by atoms with van der Waals surface area (Å²) in [7, 11) is 1.38. The van der Waals surface area contributed by atoms with Crippen molar-refractivity contribution >= 4 is 0 Å². The number of aromatic hydroxyl groups is 2. The highest BCUT2D eigenvalue weighted by molar-refractivity contribution is 5.52. The quantitative estimate of drug-likeness (QED) is 0.603. The van der Waals surface area contributed by atoms with Gasteiger partial charge in [-0.05, 0) is 24.6 Å². The summed E-state index contributed by atoms with van der Waals surface area (Å²) in [6.07, 6.45) is -0.708. The number of hydrogen-bond acceptors (Lipinski definition) is 4. The number of aliphatic hydroxyl groups excluding tert-OH is 1. The van der Waals surface area contributed by atoms with Gasteiger partial charge < -0.3 is 20.1 Å². The van der Waals surface area contributed by atoms with Gasteiger partial charge in [-0.25, -0.2) is 0 Å². The molecule has 1 rings (SSSR count). The van der Waals surface area contributed by atoms with Crippen LogP contribution in [0.15, 0.2) is 12.1 Å². The molecule has 13 heavy (non-hydrogen) atoms. The third kappa shape index (κ3) is 1.84. The van der Waals surface area contributed by atoms with Gasteiger partial charge >= 0.3 is 0 Å². The van der Waals surface area contributed by atoms with Crippen LogP contribution in [0, 0.1) is 0 Å². The van der Waals surface area contributed by atoms with E-state index >= 15 is 0 Å². The molecule has 3 N–H and O–H groups in total. The molecule has 72 valence electrons. The second-order valence-electron chi connectivity index (χ2n) is 2.77. The lowest BCUT2D eigenvalue weighted by Gasteiger charge is -2.10. The van der Waals surface area contributed by atoms with Gasteiger partial charge in [0.25, 0.3) is 0 Å². The zero-order valence-electron chi connectivity index (χ0n) is 7.48. The van der Waals surface area contributed by atoms with Crippen molar-refractivity contribution in [2.75, 3.05) is 7.11 Å². The molecule has 0 bridgehead atoms. The van der Waals surface area contributed by atoms with Crippen molar-refractivity contribution in [3.63, 3.8) is 0 Å². The summed E-state index contributed by atoms with van der Waals surface area (Å²) in [5.41, 5.74) is 0.493. The van der Waals surface area contributed by atoms with Gasteiger partial charge in [0.05, 0.1) is 13.2 Å². The number of phenolic OH excluding ortho intramolecular Hbond substituents is 2. The number of phenols is 2. The Hall–Kier alpha value is -1.42. The van der Waals surface area contributed by atoms with Gasteiger partial charge in [0.2, 0.25) is 5.75 Å². The Morgan fingerprint density at radius 2 is 1.92 bits per heavy atom. The number of rotatable bonds is 2. The van der Waals surface area contributed by atoms with E-state index in [-0.39, 0.29) is 17.2 Å². The van der Waals surface area contributed by atoms with Crippen molar-refractivity contribution in [2.45, 2.75) is 13.0 Å². The molecule has 0 aliphatic rings. The fraction of sp³-hybridized carbons (Fsp3) is 0.333.